The van der Waals surface area contributed by atoms with E-state index in [2.05, 4.69) is 17.2 Å². The highest BCUT2D eigenvalue weighted by atomic mass is 16.6. The van der Waals surface area contributed by atoms with Crippen molar-refractivity contribution in [2.24, 2.45) is 0 Å². The monoisotopic (exact) mass is 223 g/mol. The summed E-state index contributed by atoms with van der Waals surface area (Å²) < 4.78 is 0. The number of nitro groups is 1. The van der Waals surface area contributed by atoms with Crippen molar-refractivity contribution in [3.63, 3.8) is 0 Å². The van der Waals surface area contributed by atoms with E-state index in [1.54, 1.807) is 12.3 Å². The number of likely N-dealkylation sites (N-methyl/N-ethyl adjacent to an activating group) is 1. The number of pyridine rings is 1. The van der Waals surface area contributed by atoms with Crippen LogP contribution in [0.3, 0.4) is 0 Å². The van der Waals surface area contributed by atoms with Crippen molar-refractivity contribution in [1.29, 1.82) is 0 Å². The van der Waals surface area contributed by atoms with E-state index in [-0.39, 0.29) is 16.7 Å². The third-order valence-electron chi connectivity index (χ3n) is 2.49. The number of aromatic nitrogens is 1. The van der Waals surface area contributed by atoms with Gasteiger partial charge in [-0.25, -0.2) is 0 Å². The molecule has 5 nitrogen and oxygen atoms in total. The summed E-state index contributed by atoms with van der Waals surface area (Å²) in [5.74, 6) is 0. The lowest BCUT2D eigenvalue weighted by atomic mass is 10.1. The summed E-state index contributed by atoms with van der Waals surface area (Å²) in [7, 11) is 0. The lowest BCUT2D eigenvalue weighted by Gasteiger charge is -2.14. The third-order valence-corrected chi connectivity index (χ3v) is 2.49. The molecule has 0 aromatic carbocycles. The van der Waals surface area contributed by atoms with Crippen molar-refractivity contribution in [3.05, 3.63) is 34.1 Å². The average Bonchev–Trinajstić information content (AvgIpc) is 2.29. The van der Waals surface area contributed by atoms with Crippen LogP contribution < -0.4 is 5.32 Å². The van der Waals surface area contributed by atoms with E-state index in [1.807, 2.05) is 6.92 Å². The molecule has 1 N–H and O–H groups in total. The molecular formula is C11H17N3O2. The molecule has 0 fully saturated rings. The van der Waals surface area contributed by atoms with Gasteiger partial charge in [0.15, 0.2) is 0 Å². The first kappa shape index (κ1) is 12.6. The van der Waals surface area contributed by atoms with Crippen molar-refractivity contribution in [2.45, 2.75) is 32.7 Å². The Morgan fingerprint density at radius 2 is 2.31 bits per heavy atom. The minimum atomic E-state index is -0.374. The van der Waals surface area contributed by atoms with E-state index in [4.69, 9.17) is 0 Å². The minimum absolute atomic E-state index is 0.110. The van der Waals surface area contributed by atoms with Gasteiger partial charge in [0.2, 0.25) is 0 Å². The van der Waals surface area contributed by atoms with E-state index in [0.717, 1.165) is 13.0 Å². The maximum atomic E-state index is 10.8. The number of rotatable bonds is 6. The fraction of sp³-hybridized carbons (Fsp3) is 0.545. The predicted octanol–water partition coefficient (Wildman–Crippen LogP) is 1.92. The first-order chi connectivity index (χ1) is 7.69. The van der Waals surface area contributed by atoms with Gasteiger partial charge in [-0.05, 0) is 19.0 Å². The molecule has 0 saturated carbocycles. The van der Waals surface area contributed by atoms with Gasteiger partial charge in [0.25, 0.3) is 5.69 Å². The van der Waals surface area contributed by atoms with E-state index < -0.39 is 0 Å². The molecule has 1 unspecified atom stereocenters. The van der Waals surface area contributed by atoms with E-state index in [9.17, 15) is 10.1 Å². The smallest absolute Gasteiger partial charge is 0.290 e. The Kier molecular flexibility index (Phi) is 4.85. The van der Waals surface area contributed by atoms with Crippen LogP contribution in [0.25, 0.3) is 0 Å². The zero-order valence-corrected chi connectivity index (χ0v) is 9.64. The molecule has 0 bridgehead atoms. The summed E-state index contributed by atoms with van der Waals surface area (Å²) >= 11 is 0. The summed E-state index contributed by atoms with van der Waals surface area (Å²) in [6, 6.07) is 3.34. The van der Waals surface area contributed by atoms with Crippen molar-refractivity contribution >= 4 is 5.69 Å². The second kappa shape index (κ2) is 6.17. The standard InChI is InChI=1S/C11H17N3O2/c1-3-9(12-4-2)8-10-11(14(15)16)6-5-7-13-10/h5-7,9,12H,3-4,8H2,1-2H3. The van der Waals surface area contributed by atoms with E-state index in [0.29, 0.717) is 12.1 Å². The molecule has 1 rings (SSSR count). The van der Waals surface area contributed by atoms with Crippen molar-refractivity contribution in [3.8, 4) is 0 Å². The van der Waals surface area contributed by atoms with Crippen LogP contribution in [0.15, 0.2) is 18.3 Å². The molecule has 1 aromatic rings. The summed E-state index contributed by atoms with van der Waals surface area (Å²) in [5, 5.41) is 14.1. The fourth-order valence-corrected chi connectivity index (χ4v) is 1.64. The lowest BCUT2D eigenvalue weighted by molar-refractivity contribution is -0.386. The Balaban J connectivity index is 2.82. The molecule has 0 amide bonds. The van der Waals surface area contributed by atoms with Gasteiger partial charge in [-0.3, -0.25) is 15.1 Å². The molecule has 0 saturated heterocycles. The highest BCUT2D eigenvalue weighted by Crippen LogP contribution is 2.17. The lowest BCUT2D eigenvalue weighted by Crippen LogP contribution is -2.30. The average molecular weight is 223 g/mol. The number of hydrogen-bond donors (Lipinski definition) is 1. The Hall–Kier alpha value is -1.49. The molecule has 1 aromatic heterocycles. The third kappa shape index (κ3) is 3.27. The molecule has 0 radical (unpaired) electrons. The van der Waals surface area contributed by atoms with Gasteiger partial charge in [0.05, 0.1) is 4.92 Å². The second-order valence-corrected chi connectivity index (χ2v) is 3.59. The molecule has 88 valence electrons. The zero-order chi connectivity index (χ0) is 12.0. The van der Waals surface area contributed by atoms with Gasteiger partial charge >= 0.3 is 0 Å². The van der Waals surface area contributed by atoms with Crippen LogP contribution in [0.2, 0.25) is 0 Å². The van der Waals surface area contributed by atoms with Crippen LogP contribution in [0.5, 0.6) is 0 Å². The van der Waals surface area contributed by atoms with Gasteiger partial charge in [-0.15, -0.1) is 0 Å². The van der Waals surface area contributed by atoms with E-state index >= 15 is 0 Å². The van der Waals surface area contributed by atoms with Crippen molar-refractivity contribution in [2.75, 3.05) is 6.54 Å². The number of nitrogens with zero attached hydrogens (tertiary/aromatic N) is 2. The van der Waals surface area contributed by atoms with Gasteiger partial charge in [0.1, 0.15) is 5.69 Å². The second-order valence-electron chi connectivity index (χ2n) is 3.59. The van der Waals surface area contributed by atoms with Crippen molar-refractivity contribution < 1.29 is 4.92 Å². The first-order valence-corrected chi connectivity index (χ1v) is 5.50. The predicted molar refractivity (Wildman–Crippen MR) is 62.4 cm³/mol. The van der Waals surface area contributed by atoms with E-state index in [1.165, 1.54) is 6.07 Å². The van der Waals surface area contributed by atoms with Crippen LogP contribution in [0.4, 0.5) is 5.69 Å². The highest BCUT2D eigenvalue weighted by Gasteiger charge is 2.17. The summed E-state index contributed by atoms with van der Waals surface area (Å²) in [4.78, 5) is 14.5. The SMILES string of the molecule is CCNC(CC)Cc1ncccc1[N+](=O)[O-]. The first-order valence-electron chi connectivity index (χ1n) is 5.50. The van der Waals surface area contributed by atoms with Gasteiger partial charge in [-0.1, -0.05) is 13.8 Å². The molecular weight excluding hydrogens is 206 g/mol. The molecule has 0 aliphatic carbocycles. The molecule has 0 aliphatic rings. The van der Waals surface area contributed by atoms with Crippen LogP contribution in [0, 0.1) is 10.1 Å². The summed E-state index contributed by atoms with van der Waals surface area (Å²) in [5.41, 5.74) is 0.666. The molecule has 1 heterocycles. The summed E-state index contributed by atoms with van der Waals surface area (Å²) in [6.07, 6.45) is 3.13. The molecule has 0 aliphatic heterocycles. The summed E-state index contributed by atoms with van der Waals surface area (Å²) in [6.45, 7) is 4.94. The number of nitrogens with one attached hydrogen (secondary N) is 1. The molecule has 5 heteroatoms. The maximum absolute atomic E-state index is 10.8. The quantitative estimate of drug-likeness (QED) is 0.591. The Labute approximate surface area is 95.0 Å². The fourth-order valence-electron chi connectivity index (χ4n) is 1.64. The maximum Gasteiger partial charge on any atom is 0.290 e. The van der Waals surface area contributed by atoms with Crippen LogP contribution >= 0.6 is 0 Å². The van der Waals surface area contributed by atoms with Crippen molar-refractivity contribution in [1.82, 2.24) is 10.3 Å². The highest BCUT2D eigenvalue weighted by molar-refractivity contribution is 5.34. The molecule has 16 heavy (non-hydrogen) atoms. The van der Waals surface area contributed by atoms with Crippen LogP contribution in [-0.2, 0) is 6.42 Å². The van der Waals surface area contributed by atoms with Gasteiger partial charge in [0, 0.05) is 24.7 Å². The normalized spacial score (nSPS) is 12.4. The minimum Gasteiger partial charge on any atom is -0.314 e. The topological polar surface area (TPSA) is 68.1 Å². The van der Waals surface area contributed by atoms with Crippen LogP contribution in [0.1, 0.15) is 26.0 Å². The van der Waals surface area contributed by atoms with Crippen LogP contribution in [-0.4, -0.2) is 22.5 Å². The molecule has 0 spiro atoms. The zero-order valence-electron chi connectivity index (χ0n) is 9.64. The van der Waals surface area contributed by atoms with Gasteiger partial charge < -0.3 is 5.32 Å². The Morgan fingerprint density at radius 3 is 2.88 bits per heavy atom. The number of hydrogen-bond acceptors (Lipinski definition) is 4. The molecule has 1 atom stereocenters. The Morgan fingerprint density at radius 1 is 1.56 bits per heavy atom. The Bertz CT molecular complexity index is 355. The van der Waals surface area contributed by atoms with Gasteiger partial charge in [-0.2, -0.15) is 0 Å². The largest absolute Gasteiger partial charge is 0.314 e.